The first-order valence-corrected chi connectivity index (χ1v) is 4.04. The van der Waals surface area contributed by atoms with Gasteiger partial charge in [0.2, 0.25) is 0 Å². The van der Waals surface area contributed by atoms with Crippen molar-refractivity contribution in [1.82, 2.24) is 15.5 Å². The van der Waals surface area contributed by atoms with E-state index in [1.54, 1.807) is 0 Å². The number of hydrogen-bond donors (Lipinski definition) is 2. The van der Waals surface area contributed by atoms with Gasteiger partial charge in [-0.15, -0.1) is 0 Å². The van der Waals surface area contributed by atoms with Gasteiger partial charge in [0.25, 0.3) is 0 Å². The molecular formula is C8H15N3. The minimum atomic E-state index is 0.909. The van der Waals surface area contributed by atoms with Crippen molar-refractivity contribution in [3.8, 4) is 0 Å². The number of aromatic nitrogens is 2. The molecule has 62 valence electrons. The number of aryl methyl sites for hydroxylation is 1. The van der Waals surface area contributed by atoms with Crippen LogP contribution in [0.25, 0.3) is 0 Å². The van der Waals surface area contributed by atoms with Crippen molar-refractivity contribution in [3.05, 3.63) is 17.5 Å². The van der Waals surface area contributed by atoms with Crippen molar-refractivity contribution in [3.63, 3.8) is 0 Å². The van der Waals surface area contributed by atoms with Crippen molar-refractivity contribution in [2.75, 3.05) is 7.05 Å². The van der Waals surface area contributed by atoms with Crippen LogP contribution in [0.2, 0.25) is 0 Å². The van der Waals surface area contributed by atoms with Gasteiger partial charge in [0.1, 0.15) is 0 Å². The average Bonchev–Trinajstić information content (AvgIpc) is 2.39. The van der Waals surface area contributed by atoms with E-state index in [2.05, 4.69) is 22.4 Å². The second-order valence-electron chi connectivity index (χ2n) is 2.65. The Hall–Kier alpha value is -0.830. The topological polar surface area (TPSA) is 40.7 Å². The number of H-pyrrole nitrogens is 1. The van der Waals surface area contributed by atoms with E-state index in [1.165, 1.54) is 17.7 Å². The van der Waals surface area contributed by atoms with E-state index in [0.29, 0.717) is 0 Å². The summed E-state index contributed by atoms with van der Waals surface area (Å²) in [6.45, 7) is 3.08. The van der Waals surface area contributed by atoms with Crippen molar-refractivity contribution in [1.29, 1.82) is 0 Å². The molecule has 0 aliphatic carbocycles. The Balaban J connectivity index is 2.62. The Morgan fingerprint density at radius 2 is 2.45 bits per heavy atom. The smallest absolute Gasteiger partial charge is 0.0535 e. The van der Waals surface area contributed by atoms with Crippen LogP contribution in [0.5, 0.6) is 0 Å². The molecule has 0 spiro atoms. The molecule has 0 atom stereocenters. The zero-order valence-corrected chi connectivity index (χ0v) is 7.15. The van der Waals surface area contributed by atoms with Crippen LogP contribution in [0.15, 0.2) is 6.20 Å². The molecule has 1 aromatic heterocycles. The third kappa shape index (κ3) is 2.05. The molecule has 1 aromatic rings. The fraction of sp³-hybridized carbons (Fsp3) is 0.625. The molecule has 2 N–H and O–H groups in total. The summed E-state index contributed by atoms with van der Waals surface area (Å²) in [5.74, 6) is 0. The lowest BCUT2D eigenvalue weighted by atomic mass is 10.2. The van der Waals surface area contributed by atoms with E-state index in [0.717, 1.165) is 13.0 Å². The summed E-state index contributed by atoms with van der Waals surface area (Å²) in [7, 11) is 1.95. The highest BCUT2D eigenvalue weighted by Gasteiger charge is 2.01. The molecule has 0 saturated heterocycles. The first-order chi connectivity index (χ1) is 5.38. The first kappa shape index (κ1) is 8.27. The molecule has 0 unspecified atom stereocenters. The van der Waals surface area contributed by atoms with Crippen LogP contribution in [-0.4, -0.2) is 17.2 Å². The van der Waals surface area contributed by atoms with E-state index in [9.17, 15) is 0 Å². The number of nitrogens with zero attached hydrogens (tertiary/aromatic N) is 1. The normalized spacial score (nSPS) is 10.4. The summed E-state index contributed by atoms with van der Waals surface area (Å²) in [6.07, 6.45) is 4.15. The third-order valence-electron chi connectivity index (χ3n) is 1.67. The quantitative estimate of drug-likeness (QED) is 0.679. The summed E-state index contributed by atoms with van der Waals surface area (Å²) in [4.78, 5) is 0. The molecule has 11 heavy (non-hydrogen) atoms. The van der Waals surface area contributed by atoms with Gasteiger partial charge in [-0.3, -0.25) is 5.10 Å². The van der Waals surface area contributed by atoms with E-state index < -0.39 is 0 Å². The van der Waals surface area contributed by atoms with Gasteiger partial charge in [-0.2, -0.15) is 5.10 Å². The molecule has 0 aliphatic heterocycles. The van der Waals surface area contributed by atoms with Crippen molar-refractivity contribution < 1.29 is 0 Å². The van der Waals surface area contributed by atoms with Crippen LogP contribution < -0.4 is 5.32 Å². The highest BCUT2D eigenvalue weighted by atomic mass is 15.1. The standard InChI is InChI=1S/C8H15N3/c1-3-4-8-7(5-9-2)6-10-11-8/h6,9H,3-5H2,1-2H3,(H,10,11). The Morgan fingerprint density at radius 3 is 3.09 bits per heavy atom. The highest BCUT2D eigenvalue weighted by Crippen LogP contribution is 2.05. The van der Waals surface area contributed by atoms with Crippen LogP contribution in [-0.2, 0) is 13.0 Å². The molecule has 1 rings (SSSR count). The summed E-state index contributed by atoms with van der Waals surface area (Å²) in [5, 5.41) is 10.1. The maximum Gasteiger partial charge on any atom is 0.0535 e. The number of rotatable bonds is 4. The highest BCUT2D eigenvalue weighted by molar-refractivity contribution is 5.15. The lowest BCUT2D eigenvalue weighted by Gasteiger charge is -1.98. The first-order valence-electron chi connectivity index (χ1n) is 4.04. The van der Waals surface area contributed by atoms with Gasteiger partial charge in [-0.25, -0.2) is 0 Å². The fourth-order valence-corrected chi connectivity index (χ4v) is 1.15. The van der Waals surface area contributed by atoms with Gasteiger partial charge in [0, 0.05) is 17.8 Å². The zero-order valence-electron chi connectivity index (χ0n) is 7.15. The van der Waals surface area contributed by atoms with Crippen LogP contribution in [0.3, 0.4) is 0 Å². The number of nitrogens with one attached hydrogen (secondary N) is 2. The molecule has 0 fully saturated rings. The second-order valence-corrected chi connectivity index (χ2v) is 2.65. The molecule has 3 nitrogen and oxygen atoms in total. The third-order valence-corrected chi connectivity index (χ3v) is 1.67. The second kappa shape index (κ2) is 4.13. The Kier molecular flexibility index (Phi) is 3.11. The van der Waals surface area contributed by atoms with Gasteiger partial charge in [0.05, 0.1) is 6.20 Å². The SMILES string of the molecule is CCCc1[nH]ncc1CNC. The van der Waals surface area contributed by atoms with Gasteiger partial charge in [0.15, 0.2) is 0 Å². The summed E-state index contributed by atoms with van der Waals surface area (Å²) in [6, 6.07) is 0. The molecule has 0 saturated carbocycles. The predicted octanol–water partition coefficient (Wildman–Crippen LogP) is 1.08. The van der Waals surface area contributed by atoms with Gasteiger partial charge < -0.3 is 5.32 Å². The van der Waals surface area contributed by atoms with Crippen LogP contribution >= 0.6 is 0 Å². The zero-order chi connectivity index (χ0) is 8.10. The Bertz CT molecular complexity index is 184. The molecule has 0 bridgehead atoms. The fourth-order valence-electron chi connectivity index (χ4n) is 1.15. The van der Waals surface area contributed by atoms with E-state index in [4.69, 9.17) is 0 Å². The van der Waals surface area contributed by atoms with Crippen LogP contribution in [0.4, 0.5) is 0 Å². The maximum atomic E-state index is 3.99. The molecule has 3 heteroatoms. The summed E-state index contributed by atoms with van der Waals surface area (Å²) >= 11 is 0. The lowest BCUT2D eigenvalue weighted by molar-refractivity contribution is 0.788. The minimum Gasteiger partial charge on any atom is -0.316 e. The lowest BCUT2D eigenvalue weighted by Crippen LogP contribution is -2.06. The summed E-state index contributed by atoms with van der Waals surface area (Å²) in [5.41, 5.74) is 2.55. The van der Waals surface area contributed by atoms with Crippen LogP contribution in [0.1, 0.15) is 24.6 Å². The predicted molar refractivity (Wildman–Crippen MR) is 45.3 cm³/mol. The van der Waals surface area contributed by atoms with E-state index in [-0.39, 0.29) is 0 Å². The van der Waals surface area contributed by atoms with E-state index in [1.807, 2.05) is 13.2 Å². The van der Waals surface area contributed by atoms with Gasteiger partial charge >= 0.3 is 0 Å². The van der Waals surface area contributed by atoms with E-state index >= 15 is 0 Å². The van der Waals surface area contributed by atoms with Crippen molar-refractivity contribution in [2.24, 2.45) is 0 Å². The maximum absolute atomic E-state index is 3.99. The van der Waals surface area contributed by atoms with Gasteiger partial charge in [-0.1, -0.05) is 13.3 Å². The largest absolute Gasteiger partial charge is 0.316 e. The van der Waals surface area contributed by atoms with Crippen molar-refractivity contribution in [2.45, 2.75) is 26.3 Å². The van der Waals surface area contributed by atoms with Crippen molar-refractivity contribution >= 4 is 0 Å². The van der Waals surface area contributed by atoms with Gasteiger partial charge in [-0.05, 0) is 13.5 Å². The molecule has 0 aromatic carbocycles. The monoisotopic (exact) mass is 153 g/mol. The number of hydrogen-bond acceptors (Lipinski definition) is 2. The average molecular weight is 153 g/mol. The summed E-state index contributed by atoms with van der Waals surface area (Å²) < 4.78 is 0. The molecule has 0 aliphatic rings. The molecule has 0 amide bonds. The Morgan fingerprint density at radius 1 is 1.64 bits per heavy atom. The molecule has 1 heterocycles. The molecular weight excluding hydrogens is 138 g/mol. The minimum absolute atomic E-state index is 0.909. The molecule has 0 radical (unpaired) electrons. The number of aromatic amines is 1. The Labute approximate surface area is 67.2 Å². The van der Waals surface area contributed by atoms with Crippen LogP contribution in [0, 0.1) is 0 Å².